The van der Waals surface area contributed by atoms with E-state index in [-0.39, 0.29) is 10.0 Å². The van der Waals surface area contributed by atoms with Crippen molar-refractivity contribution in [1.29, 1.82) is 0 Å². The summed E-state index contributed by atoms with van der Waals surface area (Å²) in [5, 5.41) is 2.70. The molecule has 2 aromatic carbocycles. The van der Waals surface area contributed by atoms with Gasteiger partial charge in [-0.05, 0) is 36.5 Å². The normalized spacial score (nSPS) is 12.5. The Hall–Kier alpha value is -2.78. The summed E-state index contributed by atoms with van der Waals surface area (Å²) in [7, 11) is -3.89. The molecule has 0 radical (unpaired) electrons. The average molecular weight is 378 g/mol. The van der Waals surface area contributed by atoms with Gasteiger partial charge in [0.15, 0.2) is 16.8 Å². The molecule has 0 unspecified atom stereocenters. The number of sulfonamides is 1. The second-order valence-electron chi connectivity index (χ2n) is 4.72. The van der Waals surface area contributed by atoms with Crippen molar-refractivity contribution in [2.45, 2.75) is 4.90 Å². The minimum atomic E-state index is -3.89. The molecule has 0 saturated heterocycles. The summed E-state index contributed by atoms with van der Waals surface area (Å²) in [6, 6.07) is 16.4. The highest BCUT2D eigenvalue weighted by Crippen LogP contribution is 2.08. The van der Waals surface area contributed by atoms with Gasteiger partial charge in [0, 0.05) is 5.69 Å². The van der Waals surface area contributed by atoms with Crippen LogP contribution in [-0.2, 0) is 10.0 Å². The molecular formula is C16H15FN4O2S2. The topological polar surface area (TPSA) is 96.6 Å². The number of hydrogen-bond donors (Lipinski definition) is 3. The van der Waals surface area contributed by atoms with Crippen LogP contribution in [0.3, 0.4) is 0 Å². The maximum absolute atomic E-state index is 13.9. The molecule has 0 bridgehead atoms. The highest BCUT2D eigenvalue weighted by Gasteiger charge is 2.12. The van der Waals surface area contributed by atoms with E-state index < -0.39 is 21.7 Å². The number of para-hydroxylation sites is 1. The van der Waals surface area contributed by atoms with Crippen LogP contribution in [0.25, 0.3) is 0 Å². The van der Waals surface area contributed by atoms with Crippen LogP contribution >= 0.6 is 12.2 Å². The molecule has 0 atom stereocenters. The molecule has 0 aliphatic heterocycles. The van der Waals surface area contributed by atoms with Gasteiger partial charge < -0.3 is 11.1 Å². The Labute approximate surface area is 150 Å². The molecule has 9 heteroatoms. The number of nitrogens with zero attached hydrogens (tertiary/aromatic N) is 1. The number of amidine groups is 1. The van der Waals surface area contributed by atoms with E-state index in [9.17, 15) is 12.8 Å². The molecule has 2 rings (SSSR count). The van der Waals surface area contributed by atoms with Crippen molar-refractivity contribution in [3.8, 4) is 0 Å². The summed E-state index contributed by atoms with van der Waals surface area (Å²) in [5.74, 6) is -1.61. The van der Waals surface area contributed by atoms with Gasteiger partial charge in [-0.1, -0.05) is 36.4 Å². The molecule has 0 amide bonds. The van der Waals surface area contributed by atoms with Crippen LogP contribution in [0.4, 0.5) is 10.1 Å². The van der Waals surface area contributed by atoms with Crippen LogP contribution in [0, 0.1) is 0 Å². The van der Waals surface area contributed by atoms with Gasteiger partial charge in [0.2, 0.25) is 0 Å². The highest BCUT2D eigenvalue weighted by molar-refractivity contribution is 7.89. The lowest BCUT2D eigenvalue weighted by Crippen LogP contribution is -2.22. The summed E-state index contributed by atoms with van der Waals surface area (Å²) in [4.78, 5) is 3.68. The molecule has 2 aromatic rings. The van der Waals surface area contributed by atoms with Gasteiger partial charge in [-0.15, -0.1) is 0 Å². The van der Waals surface area contributed by atoms with Crippen LogP contribution in [0.1, 0.15) is 0 Å². The number of hydrogen-bond acceptors (Lipinski definition) is 3. The zero-order chi connectivity index (χ0) is 18.3. The third kappa shape index (κ3) is 5.66. The van der Waals surface area contributed by atoms with Crippen LogP contribution in [0.2, 0.25) is 0 Å². The van der Waals surface area contributed by atoms with E-state index in [0.717, 1.165) is 0 Å². The predicted molar refractivity (Wildman–Crippen MR) is 100 cm³/mol. The van der Waals surface area contributed by atoms with E-state index in [4.69, 9.17) is 18.0 Å². The number of nitrogens with one attached hydrogen (secondary N) is 2. The monoisotopic (exact) mass is 378 g/mol. The molecule has 4 N–H and O–H groups in total. The third-order valence-corrected chi connectivity index (χ3v) is 4.40. The summed E-state index contributed by atoms with van der Waals surface area (Å²) in [5.41, 5.74) is 6.15. The Morgan fingerprint density at radius 1 is 1.08 bits per heavy atom. The van der Waals surface area contributed by atoms with E-state index in [1.807, 2.05) is 10.8 Å². The van der Waals surface area contributed by atoms with Crippen molar-refractivity contribution < 1.29 is 12.8 Å². The number of nitrogens with two attached hydrogens (primary N) is 1. The Morgan fingerprint density at radius 3 is 2.24 bits per heavy atom. The van der Waals surface area contributed by atoms with E-state index in [1.54, 1.807) is 42.5 Å². The van der Waals surface area contributed by atoms with E-state index >= 15 is 0 Å². The first-order chi connectivity index (χ1) is 11.9. The predicted octanol–water partition coefficient (Wildman–Crippen LogP) is 2.53. The lowest BCUT2D eigenvalue weighted by Gasteiger charge is -2.05. The second kappa shape index (κ2) is 8.36. The first-order valence-corrected chi connectivity index (χ1v) is 8.91. The van der Waals surface area contributed by atoms with Gasteiger partial charge in [-0.3, -0.25) is 4.72 Å². The average Bonchev–Trinajstić information content (AvgIpc) is 2.61. The molecule has 0 aromatic heterocycles. The first kappa shape index (κ1) is 18.6. The highest BCUT2D eigenvalue weighted by atomic mass is 32.2. The van der Waals surface area contributed by atoms with E-state index in [2.05, 4.69) is 10.3 Å². The summed E-state index contributed by atoms with van der Waals surface area (Å²) < 4.78 is 39.9. The van der Waals surface area contributed by atoms with Gasteiger partial charge in [0.05, 0.1) is 11.1 Å². The first-order valence-electron chi connectivity index (χ1n) is 7.02. The van der Waals surface area contributed by atoms with Crippen LogP contribution in [-0.4, -0.2) is 19.4 Å². The summed E-state index contributed by atoms with van der Waals surface area (Å²) >= 11 is 4.95. The van der Waals surface area contributed by atoms with Crippen molar-refractivity contribution in [3.63, 3.8) is 0 Å². The number of anilines is 1. The van der Waals surface area contributed by atoms with E-state index in [1.165, 1.54) is 12.1 Å². The molecule has 0 heterocycles. The Morgan fingerprint density at radius 2 is 1.64 bits per heavy atom. The van der Waals surface area contributed by atoms with Gasteiger partial charge in [-0.2, -0.15) is 0 Å². The number of benzene rings is 2. The lowest BCUT2D eigenvalue weighted by molar-refractivity contribution is 0.588. The standard InChI is InChI=1S/C16H15FN4O2S2/c17-14(11-19-25(22,23)13-9-5-2-6-10-13)15(18)21-16(24)20-12-7-3-1-4-8-12/h1-11,19H,(H3,18,20,21,24)/b14-11+. The maximum Gasteiger partial charge on any atom is 0.261 e. The number of halogens is 1. The lowest BCUT2D eigenvalue weighted by atomic mass is 10.3. The zero-order valence-corrected chi connectivity index (χ0v) is 14.5. The van der Waals surface area contributed by atoms with Crippen molar-refractivity contribution in [1.82, 2.24) is 4.72 Å². The van der Waals surface area contributed by atoms with Crippen molar-refractivity contribution >= 4 is 38.9 Å². The fourth-order valence-electron chi connectivity index (χ4n) is 1.71. The molecule has 0 aliphatic carbocycles. The zero-order valence-electron chi connectivity index (χ0n) is 12.9. The quantitative estimate of drug-likeness (QED) is 0.422. The molecule has 130 valence electrons. The van der Waals surface area contributed by atoms with Gasteiger partial charge in [0.25, 0.3) is 10.0 Å². The van der Waals surface area contributed by atoms with Gasteiger partial charge in [0.1, 0.15) is 0 Å². The largest absolute Gasteiger partial charge is 0.381 e. The number of rotatable bonds is 5. The molecule has 25 heavy (non-hydrogen) atoms. The van der Waals surface area contributed by atoms with Crippen LogP contribution in [0.5, 0.6) is 0 Å². The van der Waals surface area contributed by atoms with Crippen molar-refractivity contribution in [2.24, 2.45) is 10.7 Å². The van der Waals surface area contributed by atoms with Gasteiger partial charge >= 0.3 is 0 Å². The number of thiocarbonyl (C=S) groups is 1. The minimum absolute atomic E-state index is 0.00387. The SMILES string of the molecule is NC(=NC(=S)Nc1ccccc1)/C(F)=C\NS(=O)(=O)c1ccccc1. The maximum atomic E-state index is 13.9. The van der Waals surface area contributed by atoms with Gasteiger partial charge in [-0.25, -0.2) is 17.8 Å². The molecule has 0 spiro atoms. The molecule has 6 nitrogen and oxygen atoms in total. The van der Waals surface area contributed by atoms with Crippen molar-refractivity contribution in [3.05, 3.63) is 72.7 Å². The summed E-state index contributed by atoms with van der Waals surface area (Å²) in [6.45, 7) is 0. The van der Waals surface area contributed by atoms with Crippen LogP contribution < -0.4 is 15.8 Å². The minimum Gasteiger partial charge on any atom is -0.381 e. The van der Waals surface area contributed by atoms with Crippen molar-refractivity contribution in [2.75, 3.05) is 5.32 Å². The fraction of sp³-hybridized carbons (Fsp3) is 0. The molecule has 0 fully saturated rings. The molecule has 0 aliphatic rings. The number of aliphatic imine (C=N–C) groups is 1. The Bertz CT molecular complexity index is 898. The Balaban J connectivity index is 2.04. The van der Waals surface area contributed by atoms with Crippen LogP contribution in [0.15, 0.2) is 82.6 Å². The third-order valence-electron chi connectivity index (χ3n) is 2.89. The summed E-state index contributed by atoms with van der Waals surface area (Å²) in [6.07, 6.45) is 0.617. The fourth-order valence-corrected chi connectivity index (χ4v) is 2.83. The Kier molecular flexibility index (Phi) is 6.20. The molecule has 0 saturated carbocycles. The van der Waals surface area contributed by atoms with E-state index in [0.29, 0.717) is 11.9 Å². The second-order valence-corrected chi connectivity index (χ2v) is 6.82. The smallest absolute Gasteiger partial charge is 0.261 e. The molecular weight excluding hydrogens is 363 g/mol.